The molecule has 0 saturated carbocycles. The zero-order valence-corrected chi connectivity index (χ0v) is 16.9. The number of amides is 1. The summed E-state index contributed by atoms with van der Waals surface area (Å²) in [4.78, 5) is 13.2. The number of anilines is 1. The van der Waals surface area contributed by atoms with E-state index >= 15 is 0 Å². The summed E-state index contributed by atoms with van der Waals surface area (Å²) >= 11 is 5.34. The molecule has 0 unspecified atom stereocenters. The lowest BCUT2D eigenvalue weighted by atomic mass is 9.90. The normalized spacial score (nSPS) is 16.3. The van der Waals surface area contributed by atoms with Gasteiger partial charge in [0.15, 0.2) is 5.11 Å². The first kappa shape index (κ1) is 19.0. The molecule has 1 heterocycles. The summed E-state index contributed by atoms with van der Waals surface area (Å²) in [6, 6.07) is 18.3. The third kappa shape index (κ3) is 3.67. The SMILES string of the molecule is CC1=C(C(=O)Nc2ccc(C)cc2)[C@H](c2c(O)ccc3ccccc23)NC(=S)N1. The molecule has 1 aliphatic heterocycles. The molecular formula is C23H21N3O2S. The minimum atomic E-state index is -0.583. The van der Waals surface area contributed by atoms with Gasteiger partial charge in [-0.1, -0.05) is 48.0 Å². The number of phenolic OH excluding ortho intramolecular Hbond substituents is 1. The molecule has 0 aromatic heterocycles. The predicted octanol–water partition coefficient (Wildman–Crippen LogP) is 4.29. The van der Waals surface area contributed by atoms with Gasteiger partial charge in [0.1, 0.15) is 5.75 Å². The Morgan fingerprint density at radius 2 is 1.76 bits per heavy atom. The Morgan fingerprint density at radius 3 is 2.52 bits per heavy atom. The molecule has 0 bridgehead atoms. The first-order chi connectivity index (χ1) is 13.9. The third-order valence-electron chi connectivity index (χ3n) is 5.06. The highest BCUT2D eigenvalue weighted by Gasteiger charge is 2.32. The second-order valence-electron chi connectivity index (χ2n) is 7.11. The minimum Gasteiger partial charge on any atom is -0.508 e. The molecule has 0 saturated heterocycles. The molecule has 5 nitrogen and oxygen atoms in total. The van der Waals surface area contributed by atoms with Crippen molar-refractivity contribution in [2.24, 2.45) is 0 Å². The largest absolute Gasteiger partial charge is 0.508 e. The predicted molar refractivity (Wildman–Crippen MR) is 120 cm³/mol. The smallest absolute Gasteiger partial charge is 0.255 e. The topological polar surface area (TPSA) is 73.4 Å². The van der Waals surface area contributed by atoms with Crippen molar-refractivity contribution >= 4 is 39.7 Å². The van der Waals surface area contributed by atoms with Crippen molar-refractivity contribution in [2.75, 3.05) is 5.32 Å². The zero-order chi connectivity index (χ0) is 20.5. The van der Waals surface area contributed by atoms with Crippen LogP contribution in [0.3, 0.4) is 0 Å². The summed E-state index contributed by atoms with van der Waals surface area (Å²) in [6.07, 6.45) is 0. The van der Waals surface area contributed by atoms with E-state index in [2.05, 4.69) is 16.0 Å². The van der Waals surface area contributed by atoms with Gasteiger partial charge in [-0.25, -0.2) is 0 Å². The van der Waals surface area contributed by atoms with Crippen LogP contribution >= 0.6 is 12.2 Å². The number of hydrogen-bond acceptors (Lipinski definition) is 3. The van der Waals surface area contributed by atoms with Crippen LogP contribution < -0.4 is 16.0 Å². The van der Waals surface area contributed by atoms with E-state index in [1.807, 2.05) is 68.4 Å². The van der Waals surface area contributed by atoms with Crippen molar-refractivity contribution < 1.29 is 9.90 Å². The molecule has 4 N–H and O–H groups in total. The maximum absolute atomic E-state index is 13.2. The molecule has 0 spiro atoms. The Bertz CT molecular complexity index is 1150. The van der Waals surface area contributed by atoms with Gasteiger partial charge in [0.25, 0.3) is 5.91 Å². The summed E-state index contributed by atoms with van der Waals surface area (Å²) in [7, 11) is 0. The quantitative estimate of drug-likeness (QED) is 0.491. The van der Waals surface area contributed by atoms with Crippen molar-refractivity contribution in [2.45, 2.75) is 19.9 Å². The Morgan fingerprint density at radius 1 is 1.03 bits per heavy atom. The maximum atomic E-state index is 13.2. The molecule has 0 fully saturated rings. The molecule has 4 rings (SSSR count). The van der Waals surface area contributed by atoms with E-state index in [-0.39, 0.29) is 11.7 Å². The van der Waals surface area contributed by atoms with Crippen LogP contribution in [0.5, 0.6) is 5.75 Å². The van der Waals surface area contributed by atoms with Crippen LogP contribution in [0, 0.1) is 6.92 Å². The van der Waals surface area contributed by atoms with Crippen molar-refractivity contribution in [1.82, 2.24) is 10.6 Å². The van der Waals surface area contributed by atoms with E-state index in [4.69, 9.17) is 12.2 Å². The minimum absolute atomic E-state index is 0.110. The molecule has 0 aliphatic carbocycles. The first-order valence-electron chi connectivity index (χ1n) is 9.31. The van der Waals surface area contributed by atoms with Gasteiger partial charge in [0.2, 0.25) is 0 Å². The molecule has 1 atom stereocenters. The van der Waals surface area contributed by atoms with Crippen molar-refractivity contribution in [3.63, 3.8) is 0 Å². The van der Waals surface area contributed by atoms with Crippen LogP contribution in [-0.4, -0.2) is 16.1 Å². The number of aryl methyl sites for hydroxylation is 1. The average molecular weight is 404 g/mol. The average Bonchev–Trinajstić information content (AvgIpc) is 2.69. The first-order valence-corrected chi connectivity index (χ1v) is 9.72. The number of carbonyl (C=O) groups excluding carboxylic acids is 1. The van der Waals surface area contributed by atoms with E-state index in [9.17, 15) is 9.90 Å². The summed E-state index contributed by atoms with van der Waals surface area (Å²) < 4.78 is 0. The molecular weight excluding hydrogens is 382 g/mol. The van der Waals surface area contributed by atoms with Crippen LogP contribution in [0.4, 0.5) is 5.69 Å². The van der Waals surface area contributed by atoms with E-state index in [0.717, 1.165) is 16.3 Å². The maximum Gasteiger partial charge on any atom is 0.255 e. The van der Waals surface area contributed by atoms with Crippen LogP contribution in [0.25, 0.3) is 10.8 Å². The molecule has 3 aromatic rings. The van der Waals surface area contributed by atoms with Gasteiger partial charge in [-0.2, -0.15) is 0 Å². The fourth-order valence-corrected chi connectivity index (χ4v) is 3.91. The number of rotatable bonds is 3. The van der Waals surface area contributed by atoms with Crippen LogP contribution in [0.2, 0.25) is 0 Å². The number of allylic oxidation sites excluding steroid dienone is 1. The second-order valence-corrected chi connectivity index (χ2v) is 7.52. The number of thiocarbonyl (C=S) groups is 1. The lowest BCUT2D eigenvalue weighted by molar-refractivity contribution is -0.113. The highest BCUT2D eigenvalue weighted by Crippen LogP contribution is 2.38. The molecule has 0 radical (unpaired) electrons. The van der Waals surface area contributed by atoms with Crippen LogP contribution in [-0.2, 0) is 4.79 Å². The summed E-state index contributed by atoms with van der Waals surface area (Å²) in [5.41, 5.74) is 3.57. The van der Waals surface area contributed by atoms with Crippen LogP contribution in [0.15, 0.2) is 71.9 Å². The molecule has 29 heavy (non-hydrogen) atoms. The number of carbonyl (C=O) groups is 1. The Labute approximate surface area is 174 Å². The van der Waals surface area contributed by atoms with Gasteiger partial charge in [-0.15, -0.1) is 0 Å². The van der Waals surface area contributed by atoms with Crippen molar-refractivity contribution in [1.29, 1.82) is 0 Å². The number of aromatic hydroxyl groups is 1. The van der Waals surface area contributed by atoms with Crippen molar-refractivity contribution in [3.05, 3.63) is 83.1 Å². The van der Waals surface area contributed by atoms with Gasteiger partial charge in [0.05, 0.1) is 11.6 Å². The van der Waals surface area contributed by atoms with E-state index in [1.165, 1.54) is 0 Å². The molecule has 1 amide bonds. The molecule has 6 heteroatoms. The highest BCUT2D eigenvalue weighted by atomic mass is 32.1. The van der Waals surface area contributed by atoms with Gasteiger partial charge in [0, 0.05) is 16.9 Å². The Hall–Kier alpha value is -3.38. The number of benzene rings is 3. The third-order valence-corrected chi connectivity index (χ3v) is 5.28. The molecule has 146 valence electrons. The highest BCUT2D eigenvalue weighted by molar-refractivity contribution is 7.80. The Balaban J connectivity index is 1.80. The zero-order valence-electron chi connectivity index (χ0n) is 16.1. The summed E-state index contributed by atoms with van der Waals surface area (Å²) in [6.45, 7) is 3.81. The second kappa shape index (κ2) is 7.56. The lowest BCUT2D eigenvalue weighted by Gasteiger charge is -2.31. The summed E-state index contributed by atoms with van der Waals surface area (Å²) in [5.74, 6) is -0.148. The van der Waals surface area contributed by atoms with E-state index in [0.29, 0.717) is 27.6 Å². The number of fused-ring (bicyclic) bond motifs is 1. The number of phenols is 1. The summed E-state index contributed by atoms with van der Waals surface area (Å²) in [5, 5.41) is 22.1. The van der Waals surface area contributed by atoms with E-state index < -0.39 is 6.04 Å². The fourth-order valence-electron chi connectivity index (χ4n) is 3.63. The van der Waals surface area contributed by atoms with Gasteiger partial charge >= 0.3 is 0 Å². The Kier molecular flexibility index (Phi) is 4.94. The van der Waals surface area contributed by atoms with Crippen LogP contribution in [0.1, 0.15) is 24.1 Å². The van der Waals surface area contributed by atoms with Crippen molar-refractivity contribution in [3.8, 4) is 5.75 Å². The fraction of sp³-hybridized carbons (Fsp3) is 0.130. The molecule has 3 aromatic carbocycles. The van der Waals surface area contributed by atoms with Gasteiger partial charge < -0.3 is 21.1 Å². The molecule has 1 aliphatic rings. The van der Waals surface area contributed by atoms with E-state index in [1.54, 1.807) is 6.07 Å². The van der Waals surface area contributed by atoms with Gasteiger partial charge in [-0.05, 0) is 55.0 Å². The standard InChI is InChI=1S/C23H21N3O2S/c1-13-7-10-16(11-8-13)25-22(28)19-14(2)24-23(29)26-21(19)20-17-6-4-3-5-15(17)9-12-18(20)27/h3-12,21,27H,1-2H3,(H,25,28)(H2,24,26,29)/t21-/m1/s1. The number of hydrogen-bond donors (Lipinski definition) is 4. The number of nitrogens with one attached hydrogen (secondary N) is 3. The van der Waals surface area contributed by atoms with Gasteiger partial charge in [-0.3, -0.25) is 4.79 Å². The lowest BCUT2D eigenvalue weighted by Crippen LogP contribution is -2.45. The monoisotopic (exact) mass is 403 g/mol.